The number of anilines is 1. The number of rotatable bonds is 3. The number of piperidine rings is 1. The molecule has 1 amide bonds. The van der Waals surface area contributed by atoms with Gasteiger partial charge in [-0.3, -0.25) is 4.79 Å². The Kier molecular flexibility index (Phi) is 4.88. The Labute approximate surface area is 127 Å². The van der Waals surface area contributed by atoms with Gasteiger partial charge in [-0.25, -0.2) is 0 Å². The zero-order chi connectivity index (χ0) is 15.5. The molecule has 1 fully saturated rings. The average Bonchev–Trinajstić information content (AvgIpc) is 2.47. The largest absolute Gasteiger partial charge is 0.371 e. The number of hydrogen-bond acceptors (Lipinski definition) is 3. The molecule has 1 saturated heterocycles. The van der Waals surface area contributed by atoms with E-state index < -0.39 is 0 Å². The summed E-state index contributed by atoms with van der Waals surface area (Å²) in [4.78, 5) is 13.7. The van der Waals surface area contributed by atoms with E-state index in [9.17, 15) is 4.79 Å². The van der Waals surface area contributed by atoms with Crippen LogP contribution in [-0.4, -0.2) is 31.6 Å². The first-order valence-electron chi connectivity index (χ1n) is 7.75. The summed E-state index contributed by atoms with van der Waals surface area (Å²) in [5, 5.41) is 2.98. The minimum absolute atomic E-state index is 0.0528. The topological polar surface area (TPSA) is 58.4 Å². The van der Waals surface area contributed by atoms with E-state index in [1.165, 1.54) is 11.3 Å². The Bertz CT molecular complexity index is 468. The maximum absolute atomic E-state index is 11.3. The number of carbonyl (C=O) groups is 1. The Morgan fingerprint density at radius 2 is 1.81 bits per heavy atom. The van der Waals surface area contributed by atoms with E-state index in [1.54, 1.807) is 0 Å². The molecule has 2 rings (SSSR count). The van der Waals surface area contributed by atoms with Crippen LogP contribution in [0.4, 0.5) is 5.69 Å². The minimum Gasteiger partial charge on any atom is -0.371 e. The number of nitrogens with two attached hydrogens (primary N) is 1. The van der Waals surface area contributed by atoms with Crippen molar-refractivity contribution in [2.24, 2.45) is 5.73 Å². The molecule has 0 aromatic heterocycles. The Morgan fingerprint density at radius 1 is 1.24 bits per heavy atom. The normalized spacial score (nSPS) is 16.9. The molecule has 0 atom stereocenters. The van der Waals surface area contributed by atoms with Crippen molar-refractivity contribution in [1.29, 1.82) is 0 Å². The fourth-order valence-electron chi connectivity index (χ4n) is 2.74. The van der Waals surface area contributed by atoms with E-state index >= 15 is 0 Å². The summed E-state index contributed by atoms with van der Waals surface area (Å²) in [5.74, 6) is -0.0528. The molecule has 1 aliphatic rings. The number of benzene rings is 1. The molecule has 3 N–H and O–H groups in total. The Morgan fingerprint density at radius 3 is 2.29 bits per heavy atom. The molecule has 1 aliphatic heterocycles. The van der Waals surface area contributed by atoms with Gasteiger partial charge in [0, 0.05) is 24.8 Å². The van der Waals surface area contributed by atoms with Gasteiger partial charge >= 0.3 is 0 Å². The summed E-state index contributed by atoms with van der Waals surface area (Å²) in [6.45, 7) is 8.72. The molecule has 1 aromatic rings. The molecule has 116 valence electrons. The van der Waals surface area contributed by atoms with Gasteiger partial charge in [-0.05, 0) is 36.0 Å². The first-order chi connectivity index (χ1) is 9.90. The predicted molar refractivity (Wildman–Crippen MR) is 87.6 cm³/mol. The quantitative estimate of drug-likeness (QED) is 0.895. The molecule has 4 nitrogen and oxygen atoms in total. The predicted octanol–water partition coefficient (Wildman–Crippen LogP) is 2.03. The third kappa shape index (κ3) is 4.21. The van der Waals surface area contributed by atoms with Crippen LogP contribution in [0.5, 0.6) is 0 Å². The fourth-order valence-corrected chi connectivity index (χ4v) is 2.74. The van der Waals surface area contributed by atoms with E-state index in [0.717, 1.165) is 25.9 Å². The molecule has 0 unspecified atom stereocenters. The van der Waals surface area contributed by atoms with Gasteiger partial charge in [0.2, 0.25) is 5.91 Å². The second-order valence-corrected chi connectivity index (χ2v) is 6.83. The molecule has 1 aromatic carbocycles. The van der Waals surface area contributed by atoms with E-state index in [1.807, 2.05) is 0 Å². The van der Waals surface area contributed by atoms with Gasteiger partial charge in [-0.1, -0.05) is 32.9 Å². The second kappa shape index (κ2) is 6.48. The lowest BCUT2D eigenvalue weighted by molar-refractivity contribution is -0.120. The highest BCUT2D eigenvalue weighted by Crippen LogP contribution is 2.26. The van der Waals surface area contributed by atoms with Gasteiger partial charge in [-0.15, -0.1) is 0 Å². The van der Waals surface area contributed by atoms with Crippen LogP contribution in [0.15, 0.2) is 24.3 Å². The van der Waals surface area contributed by atoms with Crippen molar-refractivity contribution in [2.75, 3.05) is 24.5 Å². The van der Waals surface area contributed by atoms with Crippen LogP contribution in [0, 0.1) is 0 Å². The molecule has 0 saturated carbocycles. The van der Waals surface area contributed by atoms with Crippen LogP contribution >= 0.6 is 0 Å². The van der Waals surface area contributed by atoms with Crippen LogP contribution in [0.3, 0.4) is 0 Å². The lowest BCUT2D eigenvalue weighted by Gasteiger charge is -2.34. The van der Waals surface area contributed by atoms with Gasteiger partial charge in [0.15, 0.2) is 0 Å². The van der Waals surface area contributed by atoms with Crippen molar-refractivity contribution in [2.45, 2.75) is 45.1 Å². The SMILES string of the molecule is CC(C)(C)c1ccc(N2CCC(NC(=O)CN)CC2)cc1. The smallest absolute Gasteiger partial charge is 0.233 e. The van der Waals surface area contributed by atoms with Gasteiger partial charge in [-0.2, -0.15) is 0 Å². The lowest BCUT2D eigenvalue weighted by Crippen LogP contribution is -2.46. The van der Waals surface area contributed by atoms with Gasteiger partial charge < -0.3 is 16.0 Å². The minimum atomic E-state index is -0.0528. The molecule has 21 heavy (non-hydrogen) atoms. The zero-order valence-corrected chi connectivity index (χ0v) is 13.4. The first kappa shape index (κ1) is 15.8. The molecule has 0 radical (unpaired) electrons. The van der Waals surface area contributed by atoms with Gasteiger partial charge in [0.25, 0.3) is 0 Å². The van der Waals surface area contributed by atoms with Crippen molar-refractivity contribution in [3.05, 3.63) is 29.8 Å². The van der Waals surface area contributed by atoms with Crippen molar-refractivity contribution < 1.29 is 4.79 Å². The van der Waals surface area contributed by atoms with Crippen LogP contribution in [0.2, 0.25) is 0 Å². The number of nitrogens with one attached hydrogen (secondary N) is 1. The van der Waals surface area contributed by atoms with Crippen LogP contribution in [0.1, 0.15) is 39.2 Å². The summed E-state index contributed by atoms with van der Waals surface area (Å²) in [6.07, 6.45) is 1.96. The molecule has 1 heterocycles. The summed E-state index contributed by atoms with van der Waals surface area (Å²) in [5.41, 5.74) is 8.15. The number of nitrogens with zero attached hydrogens (tertiary/aromatic N) is 1. The maximum Gasteiger partial charge on any atom is 0.233 e. The van der Waals surface area contributed by atoms with Crippen molar-refractivity contribution in [3.63, 3.8) is 0 Å². The first-order valence-corrected chi connectivity index (χ1v) is 7.75. The van der Waals surface area contributed by atoms with Gasteiger partial charge in [0.05, 0.1) is 6.54 Å². The third-order valence-electron chi connectivity index (χ3n) is 4.14. The van der Waals surface area contributed by atoms with Crippen LogP contribution in [0.25, 0.3) is 0 Å². The van der Waals surface area contributed by atoms with E-state index in [4.69, 9.17) is 5.73 Å². The van der Waals surface area contributed by atoms with Crippen molar-refractivity contribution in [1.82, 2.24) is 5.32 Å². The molecule has 0 spiro atoms. The van der Waals surface area contributed by atoms with Crippen LogP contribution in [-0.2, 0) is 10.2 Å². The third-order valence-corrected chi connectivity index (χ3v) is 4.14. The second-order valence-electron chi connectivity index (χ2n) is 6.83. The van der Waals surface area contributed by atoms with Crippen molar-refractivity contribution >= 4 is 11.6 Å². The molecular formula is C17H27N3O. The summed E-state index contributed by atoms with van der Waals surface area (Å²) >= 11 is 0. The van der Waals surface area contributed by atoms with Crippen molar-refractivity contribution in [3.8, 4) is 0 Å². The number of hydrogen-bond donors (Lipinski definition) is 2. The standard InChI is InChI=1S/C17H27N3O/c1-17(2,3)13-4-6-15(7-5-13)20-10-8-14(9-11-20)19-16(21)12-18/h4-7,14H,8-12,18H2,1-3H3,(H,19,21). The highest BCUT2D eigenvalue weighted by molar-refractivity contribution is 5.78. The highest BCUT2D eigenvalue weighted by atomic mass is 16.1. The average molecular weight is 289 g/mol. The van der Waals surface area contributed by atoms with Gasteiger partial charge in [0.1, 0.15) is 0 Å². The Balaban J connectivity index is 1.92. The number of amides is 1. The number of carbonyl (C=O) groups excluding carboxylic acids is 1. The molecule has 0 aliphatic carbocycles. The fraction of sp³-hybridized carbons (Fsp3) is 0.588. The molecule has 0 bridgehead atoms. The lowest BCUT2D eigenvalue weighted by atomic mass is 9.87. The zero-order valence-electron chi connectivity index (χ0n) is 13.4. The Hall–Kier alpha value is -1.55. The molecular weight excluding hydrogens is 262 g/mol. The van der Waals surface area contributed by atoms with Crippen LogP contribution < -0.4 is 16.0 Å². The summed E-state index contributed by atoms with van der Waals surface area (Å²) in [6, 6.07) is 9.12. The highest BCUT2D eigenvalue weighted by Gasteiger charge is 2.21. The summed E-state index contributed by atoms with van der Waals surface area (Å²) < 4.78 is 0. The maximum atomic E-state index is 11.3. The molecule has 4 heteroatoms. The summed E-state index contributed by atoms with van der Waals surface area (Å²) in [7, 11) is 0. The monoisotopic (exact) mass is 289 g/mol. The van der Waals surface area contributed by atoms with E-state index in [0.29, 0.717) is 0 Å². The van der Waals surface area contributed by atoms with E-state index in [-0.39, 0.29) is 23.9 Å². The van der Waals surface area contributed by atoms with E-state index in [2.05, 4.69) is 55.3 Å².